The van der Waals surface area contributed by atoms with E-state index in [1.54, 1.807) is 4.68 Å². The first kappa shape index (κ1) is 13.6. The molecule has 0 aliphatic carbocycles. The van der Waals surface area contributed by atoms with Gasteiger partial charge in [-0.15, -0.1) is 0 Å². The van der Waals surface area contributed by atoms with Crippen LogP contribution in [0, 0.1) is 20.8 Å². The summed E-state index contributed by atoms with van der Waals surface area (Å²) < 4.78 is 7.83. The minimum Gasteiger partial charge on any atom is -0.439 e. The number of hydrogen-bond acceptors (Lipinski definition) is 3. The lowest BCUT2D eigenvalue weighted by Crippen LogP contribution is -2.07. The maximum Gasteiger partial charge on any atom is 0.222 e. The monoisotopic (exact) mass is 259 g/mol. The van der Waals surface area contributed by atoms with Gasteiger partial charge in [0.2, 0.25) is 5.88 Å². The number of ether oxygens (including phenoxy) is 1. The van der Waals surface area contributed by atoms with E-state index in [9.17, 15) is 0 Å². The Hall–Kier alpha value is -1.81. The Morgan fingerprint density at radius 3 is 2.37 bits per heavy atom. The number of rotatable bonds is 4. The minimum absolute atomic E-state index is 0.750. The number of nitrogens with zero attached hydrogens (tertiary/aromatic N) is 2. The summed E-state index contributed by atoms with van der Waals surface area (Å²) in [7, 11) is 3.83. The van der Waals surface area contributed by atoms with Crippen molar-refractivity contribution in [2.75, 3.05) is 7.05 Å². The molecular weight excluding hydrogens is 238 g/mol. The molecule has 0 saturated heterocycles. The molecule has 0 spiro atoms. The van der Waals surface area contributed by atoms with Crippen LogP contribution in [0.4, 0.5) is 0 Å². The number of nitrogens with one attached hydrogen (secondary N) is 1. The largest absolute Gasteiger partial charge is 0.439 e. The second-order valence-electron chi connectivity index (χ2n) is 4.95. The number of aryl methyl sites for hydroxylation is 4. The van der Waals surface area contributed by atoms with Gasteiger partial charge >= 0.3 is 0 Å². The Kier molecular flexibility index (Phi) is 3.90. The van der Waals surface area contributed by atoms with Gasteiger partial charge in [0.15, 0.2) is 0 Å². The van der Waals surface area contributed by atoms with Gasteiger partial charge in [-0.3, -0.25) is 0 Å². The smallest absolute Gasteiger partial charge is 0.222 e. The highest BCUT2D eigenvalue weighted by molar-refractivity contribution is 5.39. The fourth-order valence-corrected chi connectivity index (χ4v) is 2.29. The molecule has 1 N–H and O–H groups in total. The lowest BCUT2D eigenvalue weighted by molar-refractivity contribution is 0.424. The molecule has 0 aliphatic heterocycles. The third kappa shape index (κ3) is 2.96. The predicted molar refractivity (Wildman–Crippen MR) is 76.7 cm³/mol. The first-order valence-electron chi connectivity index (χ1n) is 6.44. The van der Waals surface area contributed by atoms with Gasteiger partial charge in [0.05, 0.1) is 11.3 Å². The average Bonchev–Trinajstić information content (AvgIpc) is 2.55. The molecule has 0 fully saturated rings. The van der Waals surface area contributed by atoms with E-state index in [0.29, 0.717) is 0 Å². The lowest BCUT2D eigenvalue weighted by Gasteiger charge is -2.10. The average molecular weight is 259 g/mol. The summed E-state index contributed by atoms with van der Waals surface area (Å²) in [6.45, 7) is 6.90. The molecule has 0 unspecified atom stereocenters. The molecule has 1 heterocycles. The van der Waals surface area contributed by atoms with Crippen LogP contribution in [-0.4, -0.2) is 16.8 Å². The molecule has 0 atom stereocenters. The molecule has 2 aromatic rings. The summed E-state index contributed by atoms with van der Waals surface area (Å²) in [6, 6.07) is 6.22. The van der Waals surface area contributed by atoms with Crippen molar-refractivity contribution in [3.8, 4) is 11.6 Å². The van der Waals surface area contributed by atoms with Crippen LogP contribution in [0.3, 0.4) is 0 Å². The van der Waals surface area contributed by atoms with Crippen LogP contribution in [0.25, 0.3) is 0 Å². The Balaban J connectivity index is 2.37. The van der Waals surface area contributed by atoms with E-state index in [-0.39, 0.29) is 0 Å². The number of benzene rings is 1. The predicted octanol–water partition coefficient (Wildman–Crippen LogP) is 2.86. The normalized spacial score (nSPS) is 10.8. The molecule has 2 rings (SSSR count). The van der Waals surface area contributed by atoms with Gasteiger partial charge in [0, 0.05) is 13.6 Å². The van der Waals surface area contributed by atoms with Gasteiger partial charge in [0.1, 0.15) is 5.75 Å². The Labute approximate surface area is 114 Å². The molecule has 19 heavy (non-hydrogen) atoms. The standard InChI is InChI=1S/C15H21N3O/c1-10-6-11(2)8-13(7-10)19-15-14(9-16-4)12(3)17-18(15)5/h6-8,16H,9H2,1-5H3. The fourth-order valence-electron chi connectivity index (χ4n) is 2.29. The van der Waals surface area contributed by atoms with E-state index in [4.69, 9.17) is 4.74 Å². The zero-order chi connectivity index (χ0) is 14.0. The molecule has 0 amide bonds. The number of hydrogen-bond donors (Lipinski definition) is 1. The van der Waals surface area contributed by atoms with Crippen molar-refractivity contribution in [3.63, 3.8) is 0 Å². The SMILES string of the molecule is CNCc1c(C)nn(C)c1Oc1cc(C)cc(C)c1. The highest BCUT2D eigenvalue weighted by Gasteiger charge is 2.14. The van der Waals surface area contributed by atoms with Gasteiger partial charge in [-0.05, 0) is 51.1 Å². The third-order valence-corrected chi connectivity index (χ3v) is 3.05. The van der Waals surface area contributed by atoms with Gasteiger partial charge in [-0.1, -0.05) is 6.07 Å². The Bertz CT molecular complexity index is 567. The summed E-state index contributed by atoms with van der Waals surface area (Å²) in [5, 5.41) is 7.58. The van der Waals surface area contributed by atoms with Crippen LogP contribution in [0.2, 0.25) is 0 Å². The Morgan fingerprint density at radius 2 is 1.79 bits per heavy atom. The molecule has 1 aromatic heterocycles. The quantitative estimate of drug-likeness (QED) is 0.917. The van der Waals surface area contributed by atoms with Crippen molar-refractivity contribution in [2.24, 2.45) is 7.05 Å². The van der Waals surface area contributed by atoms with Gasteiger partial charge < -0.3 is 10.1 Å². The van der Waals surface area contributed by atoms with Crippen molar-refractivity contribution in [3.05, 3.63) is 40.6 Å². The van der Waals surface area contributed by atoms with Crippen LogP contribution in [0.15, 0.2) is 18.2 Å². The zero-order valence-corrected chi connectivity index (χ0v) is 12.2. The zero-order valence-electron chi connectivity index (χ0n) is 12.2. The molecule has 0 aliphatic rings. The van der Waals surface area contributed by atoms with Crippen LogP contribution in [0.1, 0.15) is 22.4 Å². The van der Waals surface area contributed by atoms with E-state index in [1.807, 2.05) is 33.2 Å². The summed E-state index contributed by atoms with van der Waals surface area (Å²) in [5.74, 6) is 1.66. The van der Waals surface area contributed by atoms with Crippen LogP contribution in [0.5, 0.6) is 11.6 Å². The van der Waals surface area contributed by atoms with E-state index >= 15 is 0 Å². The second kappa shape index (κ2) is 5.45. The third-order valence-electron chi connectivity index (χ3n) is 3.05. The molecule has 1 aromatic carbocycles. The van der Waals surface area contributed by atoms with E-state index in [2.05, 4.69) is 30.3 Å². The molecule has 0 saturated carbocycles. The van der Waals surface area contributed by atoms with E-state index < -0.39 is 0 Å². The highest BCUT2D eigenvalue weighted by Crippen LogP contribution is 2.28. The maximum atomic E-state index is 6.04. The van der Waals surface area contributed by atoms with Crippen molar-refractivity contribution in [1.82, 2.24) is 15.1 Å². The van der Waals surface area contributed by atoms with E-state index in [1.165, 1.54) is 11.1 Å². The summed E-state index contributed by atoms with van der Waals surface area (Å²) in [6.07, 6.45) is 0. The maximum absolute atomic E-state index is 6.04. The molecular formula is C15H21N3O. The summed E-state index contributed by atoms with van der Waals surface area (Å²) in [4.78, 5) is 0. The lowest BCUT2D eigenvalue weighted by atomic mass is 10.1. The van der Waals surface area contributed by atoms with Crippen molar-refractivity contribution < 1.29 is 4.74 Å². The van der Waals surface area contributed by atoms with Crippen molar-refractivity contribution in [1.29, 1.82) is 0 Å². The van der Waals surface area contributed by atoms with Crippen LogP contribution in [-0.2, 0) is 13.6 Å². The van der Waals surface area contributed by atoms with E-state index in [0.717, 1.165) is 29.4 Å². The van der Waals surface area contributed by atoms with Crippen molar-refractivity contribution in [2.45, 2.75) is 27.3 Å². The topological polar surface area (TPSA) is 39.1 Å². The minimum atomic E-state index is 0.750. The first-order chi connectivity index (χ1) is 9.01. The van der Waals surface area contributed by atoms with Gasteiger partial charge in [-0.2, -0.15) is 5.10 Å². The molecule has 102 valence electrons. The second-order valence-corrected chi connectivity index (χ2v) is 4.95. The molecule has 0 radical (unpaired) electrons. The number of aromatic nitrogens is 2. The highest BCUT2D eigenvalue weighted by atomic mass is 16.5. The van der Waals surface area contributed by atoms with Gasteiger partial charge in [-0.25, -0.2) is 4.68 Å². The van der Waals surface area contributed by atoms with Crippen molar-refractivity contribution >= 4 is 0 Å². The molecule has 4 heteroatoms. The Morgan fingerprint density at radius 1 is 1.16 bits per heavy atom. The van der Waals surface area contributed by atoms with Gasteiger partial charge in [0.25, 0.3) is 0 Å². The van der Waals surface area contributed by atoms with Crippen LogP contribution >= 0.6 is 0 Å². The summed E-state index contributed by atoms with van der Waals surface area (Å²) >= 11 is 0. The summed E-state index contributed by atoms with van der Waals surface area (Å²) in [5.41, 5.74) is 4.49. The molecule has 0 bridgehead atoms. The first-order valence-corrected chi connectivity index (χ1v) is 6.44. The fraction of sp³-hybridized carbons (Fsp3) is 0.400. The molecule has 4 nitrogen and oxygen atoms in total. The van der Waals surface area contributed by atoms with Crippen LogP contribution < -0.4 is 10.1 Å².